The van der Waals surface area contributed by atoms with Crippen LogP contribution in [0.4, 0.5) is 4.39 Å². The second-order valence-electron chi connectivity index (χ2n) is 7.38. The number of halogens is 2. The molecular weight excluding hydrogens is 431 g/mol. The fourth-order valence-electron chi connectivity index (χ4n) is 3.74. The van der Waals surface area contributed by atoms with Crippen molar-refractivity contribution >= 4 is 34.4 Å². The molecule has 0 saturated carbocycles. The molecule has 2 heterocycles. The van der Waals surface area contributed by atoms with Crippen LogP contribution in [0.3, 0.4) is 0 Å². The summed E-state index contributed by atoms with van der Waals surface area (Å²) in [6, 6.07) is 11.2. The molecule has 0 N–H and O–H groups in total. The lowest BCUT2D eigenvalue weighted by atomic mass is 10.0. The number of aromatic nitrogens is 2. The van der Waals surface area contributed by atoms with Gasteiger partial charge in [0.25, 0.3) is 5.91 Å². The number of hydrogen-bond acceptors (Lipinski definition) is 4. The van der Waals surface area contributed by atoms with Crippen molar-refractivity contribution in [2.45, 2.75) is 20.3 Å². The first-order valence-corrected chi connectivity index (χ1v) is 10.4. The maximum absolute atomic E-state index is 15.1. The van der Waals surface area contributed by atoms with Gasteiger partial charge in [0.1, 0.15) is 5.82 Å². The zero-order valence-electron chi connectivity index (χ0n) is 17.8. The molecule has 162 valence electrons. The van der Waals surface area contributed by atoms with Crippen molar-refractivity contribution in [2.24, 2.45) is 0 Å². The number of fused-ring (bicyclic) bond motifs is 1. The Bertz CT molecular complexity index is 1360. The van der Waals surface area contributed by atoms with Gasteiger partial charge in [-0.25, -0.2) is 9.18 Å². The Balaban J connectivity index is 1.95. The van der Waals surface area contributed by atoms with E-state index in [0.717, 1.165) is 17.3 Å². The molecule has 2 aromatic heterocycles. The van der Waals surface area contributed by atoms with Gasteiger partial charge in [0.2, 0.25) is 0 Å². The molecule has 4 aromatic rings. The molecular formula is C25H20ClFN2O3. The summed E-state index contributed by atoms with van der Waals surface area (Å²) in [5, 5.41) is 1.02. The van der Waals surface area contributed by atoms with E-state index in [1.165, 1.54) is 23.8 Å². The predicted molar refractivity (Wildman–Crippen MR) is 122 cm³/mol. The van der Waals surface area contributed by atoms with Gasteiger partial charge in [-0.3, -0.25) is 14.3 Å². The summed E-state index contributed by atoms with van der Waals surface area (Å²) in [6.07, 6.45) is 3.89. The molecule has 0 bridgehead atoms. The summed E-state index contributed by atoms with van der Waals surface area (Å²) in [6.45, 7) is 3.78. The average molecular weight is 451 g/mol. The van der Waals surface area contributed by atoms with Gasteiger partial charge in [-0.1, -0.05) is 36.7 Å². The van der Waals surface area contributed by atoms with E-state index in [4.69, 9.17) is 11.6 Å². The van der Waals surface area contributed by atoms with E-state index in [-0.39, 0.29) is 17.0 Å². The Morgan fingerprint density at radius 3 is 2.59 bits per heavy atom. The molecule has 7 heteroatoms. The van der Waals surface area contributed by atoms with Gasteiger partial charge in [-0.15, -0.1) is 0 Å². The number of rotatable bonds is 4. The Labute approximate surface area is 189 Å². The smallest absolute Gasteiger partial charge is 0.337 e. The van der Waals surface area contributed by atoms with Gasteiger partial charge >= 0.3 is 5.97 Å². The van der Waals surface area contributed by atoms with Gasteiger partial charge in [0.15, 0.2) is 0 Å². The number of hydrogen-bond donors (Lipinski definition) is 0. The Morgan fingerprint density at radius 2 is 1.94 bits per heavy atom. The zero-order valence-corrected chi connectivity index (χ0v) is 18.5. The topological polar surface area (TPSA) is 61.2 Å². The van der Waals surface area contributed by atoms with Crippen molar-refractivity contribution in [2.75, 3.05) is 7.11 Å². The van der Waals surface area contributed by atoms with Crippen molar-refractivity contribution in [1.29, 1.82) is 0 Å². The molecule has 0 aliphatic carbocycles. The maximum atomic E-state index is 15.1. The molecule has 5 nitrogen and oxygen atoms in total. The van der Waals surface area contributed by atoms with Crippen molar-refractivity contribution in [3.63, 3.8) is 0 Å². The monoisotopic (exact) mass is 450 g/mol. The molecule has 0 spiro atoms. The number of carbonyl (C=O) groups is 2. The van der Waals surface area contributed by atoms with Crippen LogP contribution in [0.5, 0.6) is 0 Å². The molecule has 0 amide bonds. The Kier molecular flexibility index (Phi) is 5.80. The van der Waals surface area contributed by atoms with Crippen molar-refractivity contribution in [3.05, 3.63) is 88.1 Å². The number of benzene rings is 2. The minimum atomic E-state index is -0.625. The summed E-state index contributed by atoms with van der Waals surface area (Å²) in [4.78, 5) is 29.7. The van der Waals surface area contributed by atoms with E-state index in [9.17, 15) is 9.59 Å². The molecule has 0 saturated heterocycles. The van der Waals surface area contributed by atoms with E-state index in [1.807, 2.05) is 26.0 Å². The lowest BCUT2D eigenvalue weighted by Crippen LogP contribution is -2.13. The first-order valence-electron chi connectivity index (χ1n) is 10.0. The van der Waals surface area contributed by atoms with E-state index in [2.05, 4.69) is 9.72 Å². The summed E-state index contributed by atoms with van der Waals surface area (Å²) >= 11 is 6.33. The van der Waals surface area contributed by atoms with Gasteiger partial charge < -0.3 is 4.74 Å². The summed E-state index contributed by atoms with van der Waals surface area (Å²) in [5.74, 6) is -1.55. The number of methoxy groups -OCH3 is 1. The Hall–Kier alpha value is -3.51. The van der Waals surface area contributed by atoms with E-state index < -0.39 is 11.8 Å². The highest BCUT2D eigenvalue weighted by atomic mass is 35.5. The third-order valence-corrected chi connectivity index (χ3v) is 5.76. The van der Waals surface area contributed by atoms with Gasteiger partial charge in [0, 0.05) is 28.4 Å². The van der Waals surface area contributed by atoms with Crippen LogP contribution >= 0.6 is 11.6 Å². The maximum Gasteiger partial charge on any atom is 0.337 e. The highest BCUT2D eigenvalue weighted by Crippen LogP contribution is 2.34. The minimum Gasteiger partial charge on any atom is -0.465 e. The lowest BCUT2D eigenvalue weighted by Gasteiger charge is -2.09. The highest BCUT2D eigenvalue weighted by molar-refractivity contribution is 6.34. The quantitative estimate of drug-likeness (QED) is 0.366. The normalized spacial score (nSPS) is 11.0. The molecule has 0 unspecified atom stereocenters. The summed E-state index contributed by atoms with van der Waals surface area (Å²) in [7, 11) is 1.24. The lowest BCUT2D eigenvalue weighted by molar-refractivity contribution is 0.0600. The third kappa shape index (κ3) is 3.67. The number of esters is 1. The van der Waals surface area contributed by atoms with Crippen LogP contribution in [0, 0.1) is 12.7 Å². The second-order valence-corrected chi connectivity index (χ2v) is 7.79. The number of aryl methyl sites for hydroxylation is 2. The molecule has 32 heavy (non-hydrogen) atoms. The molecule has 0 radical (unpaired) electrons. The molecule has 2 aromatic carbocycles. The summed E-state index contributed by atoms with van der Waals surface area (Å²) < 4.78 is 21.2. The SMILES string of the molecule is CCc1cc2c(-c3ccc(C(=O)OC)cc3F)cn(C(=O)c3c(C)cccc3Cl)c2cn1. The summed E-state index contributed by atoms with van der Waals surface area (Å²) in [5.41, 5.74) is 3.34. The average Bonchev–Trinajstić information content (AvgIpc) is 3.16. The fourth-order valence-corrected chi connectivity index (χ4v) is 4.05. The predicted octanol–water partition coefficient (Wildman–Crippen LogP) is 5.84. The molecule has 4 rings (SSSR count). The molecule has 0 aliphatic heterocycles. The zero-order chi connectivity index (χ0) is 23.0. The fraction of sp³-hybridized carbons (Fsp3) is 0.160. The second kappa shape index (κ2) is 8.55. The van der Waals surface area contributed by atoms with Crippen LogP contribution in [0.15, 0.2) is 54.9 Å². The standard InChI is InChI=1S/C25H20ClFN2O3/c1-4-16-11-18-19(17-9-8-15(10-21(17)27)25(31)32-3)13-29(22(18)12-28-16)24(30)23-14(2)6-5-7-20(23)26/h5-13H,4H2,1-3H3. The van der Waals surface area contributed by atoms with Crippen LogP contribution in [-0.4, -0.2) is 28.5 Å². The van der Waals surface area contributed by atoms with E-state index in [0.29, 0.717) is 33.5 Å². The number of pyridine rings is 1. The molecule has 0 fully saturated rings. The van der Waals surface area contributed by atoms with Gasteiger partial charge in [0.05, 0.1) is 35.0 Å². The minimum absolute atomic E-state index is 0.108. The van der Waals surface area contributed by atoms with E-state index >= 15 is 4.39 Å². The van der Waals surface area contributed by atoms with Crippen LogP contribution in [0.2, 0.25) is 5.02 Å². The number of ether oxygens (including phenoxy) is 1. The van der Waals surface area contributed by atoms with Crippen molar-refractivity contribution < 1.29 is 18.7 Å². The highest BCUT2D eigenvalue weighted by Gasteiger charge is 2.22. The van der Waals surface area contributed by atoms with Crippen molar-refractivity contribution in [1.82, 2.24) is 9.55 Å². The molecule has 0 aliphatic rings. The largest absolute Gasteiger partial charge is 0.465 e. The number of nitrogens with zero attached hydrogens (tertiary/aromatic N) is 2. The third-order valence-electron chi connectivity index (χ3n) is 5.44. The number of carbonyl (C=O) groups excluding carboxylic acids is 2. The van der Waals surface area contributed by atoms with Crippen LogP contribution in [-0.2, 0) is 11.2 Å². The van der Waals surface area contributed by atoms with Gasteiger partial charge in [-0.2, -0.15) is 0 Å². The van der Waals surface area contributed by atoms with Crippen LogP contribution < -0.4 is 0 Å². The Morgan fingerprint density at radius 1 is 1.16 bits per heavy atom. The van der Waals surface area contributed by atoms with E-state index in [1.54, 1.807) is 24.5 Å². The molecule has 0 atom stereocenters. The van der Waals surface area contributed by atoms with Crippen LogP contribution in [0.1, 0.15) is 38.9 Å². The first-order chi connectivity index (χ1) is 15.3. The van der Waals surface area contributed by atoms with Crippen molar-refractivity contribution in [3.8, 4) is 11.1 Å². The van der Waals surface area contributed by atoms with Crippen LogP contribution in [0.25, 0.3) is 22.0 Å². The first kappa shape index (κ1) is 21.7. The van der Waals surface area contributed by atoms with Gasteiger partial charge in [-0.05, 0) is 43.2 Å².